The van der Waals surface area contributed by atoms with E-state index in [1.807, 2.05) is 43.6 Å². The molecule has 224 valence electrons. The first-order valence-corrected chi connectivity index (χ1v) is 16.0. The number of carbonyl (C=O) groups excluding carboxylic acids is 1. The maximum absolute atomic E-state index is 15.5. The van der Waals surface area contributed by atoms with Crippen LogP contribution < -0.4 is 4.90 Å². The molecule has 7 rings (SSSR count). The molecule has 0 radical (unpaired) electrons. The predicted molar refractivity (Wildman–Crippen MR) is 175 cm³/mol. The van der Waals surface area contributed by atoms with Gasteiger partial charge in [0.1, 0.15) is 5.82 Å². The molecule has 5 heteroatoms. The number of carbonyl (C=O) groups is 1. The monoisotopic (exact) mass is 585 g/mol. The molecular formula is C39H40FN3O. The average Bonchev–Trinajstić information content (AvgIpc) is 3.90. The van der Waals surface area contributed by atoms with Gasteiger partial charge in [-0.05, 0) is 86.3 Å². The fraction of sp³-hybridized carbons (Fsp3) is 0.359. The van der Waals surface area contributed by atoms with Crippen molar-refractivity contribution < 1.29 is 9.18 Å². The number of para-hydroxylation sites is 1. The molecule has 0 saturated heterocycles. The van der Waals surface area contributed by atoms with Crippen molar-refractivity contribution in [1.29, 1.82) is 0 Å². The van der Waals surface area contributed by atoms with E-state index >= 15 is 4.39 Å². The lowest BCUT2D eigenvalue weighted by molar-refractivity contribution is -0.133. The second-order valence-corrected chi connectivity index (χ2v) is 13.5. The van der Waals surface area contributed by atoms with Crippen LogP contribution in [0.4, 0.5) is 10.1 Å². The summed E-state index contributed by atoms with van der Waals surface area (Å²) in [5, 5.41) is 0. The number of Topliss-reactive ketones (excluding diaryl/α,β-unsaturated/α-hetero) is 1. The van der Waals surface area contributed by atoms with Crippen molar-refractivity contribution in [2.45, 2.75) is 70.6 Å². The number of anilines is 1. The average molecular weight is 586 g/mol. The summed E-state index contributed by atoms with van der Waals surface area (Å²) < 4.78 is 15.5. The number of fused-ring (bicyclic) bond motifs is 3. The minimum absolute atomic E-state index is 0.105. The highest BCUT2D eigenvalue weighted by Crippen LogP contribution is 2.59. The molecule has 0 bridgehead atoms. The van der Waals surface area contributed by atoms with E-state index in [1.54, 1.807) is 6.07 Å². The molecule has 2 saturated carbocycles. The summed E-state index contributed by atoms with van der Waals surface area (Å²) >= 11 is 0. The van der Waals surface area contributed by atoms with Crippen molar-refractivity contribution in [1.82, 2.24) is 9.97 Å². The number of hydrogen-bond acceptors (Lipinski definition) is 4. The zero-order chi connectivity index (χ0) is 30.6. The van der Waals surface area contributed by atoms with Gasteiger partial charge in [0.2, 0.25) is 0 Å². The van der Waals surface area contributed by atoms with E-state index in [-0.39, 0.29) is 17.5 Å². The summed E-state index contributed by atoms with van der Waals surface area (Å²) in [6.45, 7) is 6.57. The van der Waals surface area contributed by atoms with Crippen LogP contribution in [0.2, 0.25) is 0 Å². The minimum atomic E-state index is -0.538. The Morgan fingerprint density at radius 3 is 2.43 bits per heavy atom. The highest BCUT2D eigenvalue weighted by Gasteiger charge is 2.58. The molecule has 0 unspecified atom stereocenters. The van der Waals surface area contributed by atoms with Crippen molar-refractivity contribution in [3.05, 3.63) is 113 Å². The Kier molecular flexibility index (Phi) is 7.03. The smallest absolute Gasteiger partial charge is 0.166 e. The quantitative estimate of drug-likeness (QED) is 0.212. The summed E-state index contributed by atoms with van der Waals surface area (Å²) in [6.07, 6.45) is 7.33. The fourth-order valence-electron chi connectivity index (χ4n) is 8.03. The van der Waals surface area contributed by atoms with Crippen LogP contribution in [0, 0.1) is 17.2 Å². The second-order valence-electron chi connectivity index (χ2n) is 13.5. The van der Waals surface area contributed by atoms with Crippen LogP contribution in [0.3, 0.4) is 0 Å². The Morgan fingerprint density at radius 2 is 1.70 bits per heavy atom. The Labute approximate surface area is 260 Å². The summed E-state index contributed by atoms with van der Waals surface area (Å²) in [4.78, 5) is 26.9. The van der Waals surface area contributed by atoms with Crippen LogP contribution in [-0.2, 0) is 16.6 Å². The van der Waals surface area contributed by atoms with Gasteiger partial charge in [-0.3, -0.25) is 4.79 Å². The third kappa shape index (κ3) is 4.68. The van der Waals surface area contributed by atoms with E-state index in [1.165, 1.54) is 24.5 Å². The third-order valence-corrected chi connectivity index (χ3v) is 10.7. The first-order chi connectivity index (χ1) is 21.2. The molecule has 4 nitrogen and oxygen atoms in total. The molecule has 2 fully saturated rings. The van der Waals surface area contributed by atoms with Crippen molar-refractivity contribution in [2.75, 3.05) is 11.9 Å². The number of ketones is 1. The van der Waals surface area contributed by atoms with Gasteiger partial charge in [0, 0.05) is 52.0 Å². The molecular weight excluding hydrogens is 545 g/mol. The Morgan fingerprint density at radius 1 is 0.955 bits per heavy atom. The molecule has 4 aromatic rings. The van der Waals surface area contributed by atoms with Gasteiger partial charge in [0.25, 0.3) is 0 Å². The minimum Gasteiger partial charge on any atom is -0.351 e. The number of aromatic nitrogens is 2. The topological polar surface area (TPSA) is 46.1 Å². The lowest BCUT2D eigenvalue weighted by Gasteiger charge is -2.54. The van der Waals surface area contributed by atoms with Crippen LogP contribution >= 0.6 is 0 Å². The number of nitrogens with zero attached hydrogens (tertiary/aromatic N) is 3. The lowest BCUT2D eigenvalue weighted by Crippen LogP contribution is -2.55. The van der Waals surface area contributed by atoms with E-state index in [0.29, 0.717) is 35.8 Å². The Balaban J connectivity index is 1.43. The van der Waals surface area contributed by atoms with Crippen molar-refractivity contribution in [3.8, 4) is 22.6 Å². The summed E-state index contributed by atoms with van der Waals surface area (Å²) in [7, 11) is 2.01. The lowest BCUT2D eigenvalue weighted by atomic mass is 9.48. The summed E-state index contributed by atoms with van der Waals surface area (Å²) in [6, 6.07) is 25.6. The zero-order valence-corrected chi connectivity index (χ0v) is 26.1. The van der Waals surface area contributed by atoms with Gasteiger partial charge in [-0.1, -0.05) is 69.3 Å². The van der Waals surface area contributed by atoms with Crippen molar-refractivity contribution >= 4 is 11.5 Å². The molecule has 0 aliphatic heterocycles. The van der Waals surface area contributed by atoms with Crippen molar-refractivity contribution in [2.24, 2.45) is 11.3 Å². The first kappa shape index (κ1) is 28.6. The van der Waals surface area contributed by atoms with E-state index in [9.17, 15) is 4.79 Å². The standard InChI is InChI=1S/C39H40FN3O/c1-5-38(2)33-21-20-31-34(30-16-9-10-17-32(30)40)41-37(27-13-11-12-26(22-27)25-18-19-25)42-35(31)39(33,3)23-28(36(38)44)24-43(4)29-14-7-6-8-15-29/h6-17,22,24-25,33H,5,18-21,23H2,1-4H3/b28-24-/t33-,38-,39-/m1/s1. The molecule has 44 heavy (non-hydrogen) atoms. The van der Waals surface area contributed by atoms with Gasteiger partial charge in [0.15, 0.2) is 11.6 Å². The largest absolute Gasteiger partial charge is 0.351 e. The molecule has 0 spiro atoms. The molecule has 3 atom stereocenters. The normalized spacial score (nSPS) is 25.4. The number of allylic oxidation sites excluding steroid dienone is 1. The molecule has 0 amide bonds. The SMILES string of the molecule is CC[C@@]1(C)C(=O)/C(=C\N(C)c2ccccc2)C[C@@]2(C)c3nc(-c4cccc(C5CC5)c4)nc(-c4ccccc4F)c3CC[C@H]12. The van der Waals surface area contributed by atoms with Gasteiger partial charge in [-0.25, -0.2) is 14.4 Å². The van der Waals surface area contributed by atoms with E-state index in [4.69, 9.17) is 9.97 Å². The molecule has 0 N–H and O–H groups in total. The van der Waals surface area contributed by atoms with Crippen LogP contribution in [0.1, 0.15) is 75.6 Å². The highest BCUT2D eigenvalue weighted by atomic mass is 19.1. The van der Waals surface area contributed by atoms with E-state index in [2.05, 4.69) is 62.1 Å². The molecule has 3 aliphatic rings. The van der Waals surface area contributed by atoms with Gasteiger partial charge < -0.3 is 4.90 Å². The third-order valence-electron chi connectivity index (χ3n) is 10.7. The molecule has 3 aliphatic carbocycles. The first-order valence-electron chi connectivity index (χ1n) is 16.0. The number of hydrogen-bond donors (Lipinski definition) is 0. The number of rotatable bonds is 6. The van der Waals surface area contributed by atoms with Crippen LogP contribution in [-0.4, -0.2) is 22.8 Å². The molecule has 3 aromatic carbocycles. The maximum atomic E-state index is 15.5. The van der Waals surface area contributed by atoms with Crippen LogP contribution in [0.25, 0.3) is 22.6 Å². The predicted octanol–water partition coefficient (Wildman–Crippen LogP) is 9.06. The second kappa shape index (κ2) is 10.8. The number of benzene rings is 3. The molecule has 1 aromatic heterocycles. The van der Waals surface area contributed by atoms with Gasteiger partial charge in [0.05, 0.1) is 11.4 Å². The van der Waals surface area contributed by atoms with Crippen LogP contribution in [0.15, 0.2) is 90.6 Å². The van der Waals surface area contributed by atoms with Gasteiger partial charge in [-0.15, -0.1) is 0 Å². The highest BCUT2D eigenvalue weighted by molar-refractivity contribution is 6.01. The van der Waals surface area contributed by atoms with Gasteiger partial charge in [-0.2, -0.15) is 0 Å². The fourth-order valence-corrected chi connectivity index (χ4v) is 8.03. The summed E-state index contributed by atoms with van der Waals surface area (Å²) in [5.41, 5.74) is 6.33. The molecule has 1 heterocycles. The van der Waals surface area contributed by atoms with E-state index in [0.717, 1.165) is 40.9 Å². The van der Waals surface area contributed by atoms with Gasteiger partial charge >= 0.3 is 0 Å². The Bertz CT molecular complexity index is 1780. The van der Waals surface area contributed by atoms with Crippen LogP contribution in [0.5, 0.6) is 0 Å². The summed E-state index contributed by atoms with van der Waals surface area (Å²) in [5.74, 6) is 1.29. The number of halogens is 1. The van der Waals surface area contributed by atoms with Crippen molar-refractivity contribution in [3.63, 3.8) is 0 Å². The maximum Gasteiger partial charge on any atom is 0.166 e. The van der Waals surface area contributed by atoms with E-state index < -0.39 is 10.8 Å². The zero-order valence-electron chi connectivity index (χ0n) is 26.1. The Hall–Kier alpha value is -4.12.